The summed E-state index contributed by atoms with van der Waals surface area (Å²) in [4.78, 5) is 11.5. The number of hydrogen-bond acceptors (Lipinski definition) is 3. The van der Waals surface area contributed by atoms with E-state index >= 15 is 0 Å². The second kappa shape index (κ2) is 4.46. The average Bonchev–Trinajstić information content (AvgIpc) is 2.63. The van der Waals surface area contributed by atoms with Crippen LogP contribution in [0.3, 0.4) is 0 Å². The fourth-order valence-corrected chi connectivity index (χ4v) is 2.33. The van der Waals surface area contributed by atoms with Gasteiger partial charge >= 0.3 is 0 Å². The van der Waals surface area contributed by atoms with Crippen LogP contribution in [0.5, 0.6) is 0 Å². The molecule has 4 nitrogen and oxygen atoms in total. The summed E-state index contributed by atoms with van der Waals surface area (Å²) in [5.41, 5.74) is 2.09. The van der Waals surface area contributed by atoms with Gasteiger partial charge in [-0.15, -0.1) is 0 Å². The summed E-state index contributed by atoms with van der Waals surface area (Å²) in [6.45, 7) is 3.50. The topological polar surface area (TPSA) is 54.3 Å². The molecule has 4 heteroatoms. The highest BCUT2D eigenvalue weighted by molar-refractivity contribution is 5.80. The molecule has 1 unspecified atom stereocenters. The highest BCUT2D eigenvalue weighted by Gasteiger charge is 2.21. The number of aryl methyl sites for hydroxylation is 1. The van der Waals surface area contributed by atoms with E-state index in [4.69, 9.17) is 4.42 Å². The molecular formula is C14H16N2O2. The second-order valence-electron chi connectivity index (χ2n) is 4.75. The third kappa shape index (κ3) is 2.11. The molecule has 1 aliphatic heterocycles. The van der Waals surface area contributed by atoms with Gasteiger partial charge in [-0.05, 0) is 25.1 Å². The molecule has 18 heavy (non-hydrogen) atoms. The highest BCUT2D eigenvalue weighted by atomic mass is 16.3. The van der Waals surface area contributed by atoms with E-state index in [0.29, 0.717) is 13.0 Å². The lowest BCUT2D eigenvalue weighted by Gasteiger charge is -2.10. The summed E-state index contributed by atoms with van der Waals surface area (Å²) in [6, 6.07) is 8.10. The lowest BCUT2D eigenvalue weighted by molar-refractivity contribution is -0.121. The zero-order valence-electron chi connectivity index (χ0n) is 10.3. The number of hydrogen-bond donors (Lipinski definition) is 2. The van der Waals surface area contributed by atoms with Gasteiger partial charge in [-0.1, -0.05) is 11.6 Å². The van der Waals surface area contributed by atoms with Crippen LogP contribution < -0.4 is 10.6 Å². The maximum atomic E-state index is 11.5. The Morgan fingerprint density at radius 1 is 1.28 bits per heavy atom. The van der Waals surface area contributed by atoms with Crippen LogP contribution in [0.1, 0.15) is 23.8 Å². The van der Waals surface area contributed by atoms with Gasteiger partial charge in [0.2, 0.25) is 5.91 Å². The van der Waals surface area contributed by atoms with Gasteiger partial charge in [-0.3, -0.25) is 4.79 Å². The van der Waals surface area contributed by atoms with Crippen molar-refractivity contribution in [2.75, 3.05) is 13.1 Å². The van der Waals surface area contributed by atoms with E-state index in [0.717, 1.165) is 23.3 Å². The smallest absolute Gasteiger partial charge is 0.222 e. The van der Waals surface area contributed by atoms with E-state index in [1.165, 1.54) is 5.56 Å². The van der Waals surface area contributed by atoms with Crippen molar-refractivity contribution in [1.82, 2.24) is 10.6 Å². The van der Waals surface area contributed by atoms with Crippen molar-refractivity contribution < 1.29 is 9.21 Å². The minimum atomic E-state index is -0.0276. The summed E-state index contributed by atoms with van der Waals surface area (Å²) in [7, 11) is 0. The molecule has 1 aromatic carbocycles. The van der Waals surface area contributed by atoms with Gasteiger partial charge < -0.3 is 15.1 Å². The first-order valence-electron chi connectivity index (χ1n) is 6.22. The third-order valence-corrected chi connectivity index (χ3v) is 3.26. The number of carbonyl (C=O) groups is 1. The zero-order chi connectivity index (χ0) is 12.5. The Morgan fingerprint density at radius 2 is 2.17 bits per heavy atom. The molecule has 1 amide bonds. The van der Waals surface area contributed by atoms with Crippen LogP contribution in [0.2, 0.25) is 0 Å². The number of fused-ring (bicyclic) bond motifs is 1. The Balaban J connectivity index is 1.95. The lowest BCUT2D eigenvalue weighted by Crippen LogP contribution is -2.24. The van der Waals surface area contributed by atoms with Crippen LogP contribution in [0, 0.1) is 6.92 Å². The van der Waals surface area contributed by atoms with E-state index in [-0.39, 0.29) is 11.9 Å². The largest absolute Gasteiger partial charge is 0.459 e. The van der Waals surface area contributed by atoms with Gasteiger partial charge in [-0.25, -0.2) is 0 Å². The first-order valence-corrected chi connectivity index (χ1v) is 6.22. The number of nitrogens with one attached hydrogen (secondary N) is 2. The number of amides is 1. The van der Waals surface area contributed by atoms with E-state index in [2.05, 4.69) is 23.6 Å². The van der Waals surface area contributed by atoms with Crippen molar-refractivity contribution in [2.45, 2.75) is 19.4 Å². The third-order valence-electron chi connectivity index (χ3n) is 3.26. The van der Waals surface area contributed by atoms with Crippen LogP contribution in [-0.2, 0) is 4.79 Å². The molecule has 1 aliphatic rings. The fraction of sp³-hybridized carbons (Fsp3) is 0.357. The number of carbonyl (C=O) groups excluding carboxylic acids is 1. The van der Waals surface area contributed by atoms with Gasteiger partial charge in [0.25, 0.3) is 0 Å². The Hall–Kier alpha value is -1.81. The van der Waals surface area contributed by atoms with Crippen LogP contribution in [-0.4, -0.2) is 19.0 Å². The summed E-state index contributed by atoms with van der Waals surface area (Å²) in [5.74, 6) is 0.911. The van der Waals surface area contributed by atoms with Crippen LogP contribution in [0.25, 0.3) is 11.0 Å². The predicted octanol–water partition coefficient (Wildman–Crippen LogP) is 1.89. The van der Waals surface area contributed by atoms with Crippen molar-refractivity contribution in [3.63, 3.8) is 0 Å². The quantitative estimate of drug-likeness (QED) is 0.805. The highest BCUT2D eigenvalue weighted by Crippen LogP contribution is 2.26. The van der Waals surface area contributed by atoms with Crippen molar-refractivity contribution in [1.29, 1.82) is 0 Å². The van der Waals surface area contributed by atoms with Crippen molar-refractivity contribution in [3.05, 3.63) is 35.6 Å². The Bertz CT molecular complexity index is 588. The molecule has 0 bridgehead atoms. The molecular weight excluding hydrogens is 228 g/mol. The predicted molar refractivity (Wildman–Crippen MR) is 69.3 cm³/mol. The molecule has 2 heterocycles. The minimum Gasteiger partial charge on any atom is -0.459 e. The first kappa shape index (κ1) is 11.3. The number of furan rings is 1. The van der Waals surface area contributed by atoms with Crippen LogP contribution in [0.4, 0.5) is 0 Å². The first-order chi connectivity index (χ1) is 8.72. The van der Waals surface area contributed by atoms with E-state index < -0.39 is 0 Å². The van der Waals surface area contributed by atoms with Gasteiger partial charge in [0.05, 0.1) is 6.04 Å². The normalized spacial score (nSPS) is 20.7. The molecule has 0 radical (unpaired) electrons. The molecule has 1 saturated heterocycles. The van der Waals surface area contributed by atoms with Gasteiger partial charge in [-0.2, -0.15) is 0 Å². The van der Waals surface area contributed by atoms with Crippen molar-refractivity contribution >= 4 is 16.9 Å². The molecule has 0 saturated carbocycles. The molecule has 3 rings (SSSR count). The molecule has 0 aliphatic carbocycles. The molecule has 2 aromatic rings. The monoisotopic (exact) mass is 244 g/mol. The maximum absolute atomic E-state index is 11.5. The van der Waals surface area contributed by atoms with E-state index in [1.54, 1.807) is 0 Å². The minimum absolute atomic E-state index is 0.0276. The van der Waals surface area contributed by atoms with E-state index in [9.17, 15) is 4.79 Å². The molecule has 1 aromatic heterocycles. The summed E-state index contributed by atoms with van der Waals surface area (Å²) < 4.78 is 5.82. The SMILES string of the molecule is Cc1ccc2oc(C3CC(=O)NCCN3)cc2c1. The van der Waals surface area contributed by atoms with Gasteiger partial charge in [0.15, 0.2) is 0 Å². The van der Waals surface area contributed by atoms with Crippen molar-refractivity contribution in [2.24, 2.45) is 0 Å². The van der Waals surface area contributed by atoms with Gasteiger partial charge in [0, 0.05) is 24.9 Å². The number of rotatable bonds is 1. The maximum Gasteiger partial charge on any atom is 0.222 e. The zero-order valence-corrected chi connectivity index (χ0v) is 10.3. The summed E-state index contributed by atoms with van der Waals surface area (Å²) in [6.07, 6.45) is 0.429. The molecule has 94 valence electrons. The summed E-state index contributed by atoms with van der Waals surface area (Å²) in [5, 5.41) is 7.26. The Labute approximate surface area is 105 Å². The van der Waals surface area contributed by atoms with Crippen LogP contribution in [0.15, 0.2) is 28.7 Å². The van der Waals surface area contributed by atoms with E-state index in [1.807, 2.05) is 18.2 Å². The van der Waals surface area contributed by atoms with Crippen LogP contribution >= 0.6 is 0 Å². The standard InChI is InChI=1S/C14H16N2O2/c1-9-2-3-12-10(6-9)7-13(18-12)11-8-14(17)16-5-4-15-11/h2-3,6-7,11,15H,4-5,8H2,1H3,(H,16,17). The Morgan fingerprint density at radius 3 is 3.06 bits per heavy atom. The summed E-state index contributed by atoms with van der Waals surface area (Å²) >= 11 is 0. The number of benzene rings is 1. The molecule has 1 fully saturated rings. The second-order valence-corrected chi connectivity index (χ2v) is 4.75. The lowest BCUT2D eigenvalue weighted by atomic mass is 10.1. The molecule has 2 N–H and O–H groups in total. The fourth-order valence-electron chi connectivity index (χ4n) is 2.33. The average molecular weight is 244 g/mol. The van der Waals surface area contributed by atoms with Crippen molar-refractivity contribution in [3.8, 4) is 0 Å². The van der Waals surface area contributed by atoms with Gasteiger partial charge in [0.1, 0.15) is 11.3 Å². The molecule has 1 atom stereocenters. The Kier molecular flexibility index (Phi) is 2.80. The molecule has 0 spiro atoms.